The van der Waals surface area contributed by atoms with Crippen LogP contribution in [0.15, 0.2) is 24.3 Å². The predicted molar refractivity (Wildman–Crippen MR) is 83.6 cm³/mol. The van der Waals surface area contributed by atoms with Crippen molar-refractivity contribution in [3.8, 4) is 0 Å². The zero-order valence-corrected chi connectivity index (χ0v) is 13.3. The van der Waals surface area contributed by atoms with Gasteiger partial charge in [-0.1, -0.05) is 23.7 Å². The van der Waals surface area contributed by atoms with Gasteiger partial charge in [0.15, 0.2) is 0 Å². The molecule has 0 radical (unpaired) electrons. The number of benzene rings is 1. The lowest BCUT2D eigenvalue weighted by atomic mass is 9.99. The Labute approximate surface area is 131 Å². The van der Waals surface area contributed by atoms with Crippen molar-refractivity contribution in [1.29, 1.82) is 0 Å². The third-order valence-corrected chi connectivity index (χ3v) is 5.31. The van der Waals surface area contributed by atoms with Crippen molar-refractivity contribution < 1.29 is 9.53 Å². The average Bonchev–Trinajstić information content (AvgIpc) is 2.69. The first-order valence-corrected chi connectivity index (χ1v) is 8.10. The molecule has 1 aromatic rings. The highest BCUT2D eigenvalue weighted by atomic mass is 35.5. The van der Waals surface area contributed by atoms with Crippen LogP contribution in [0.25, 0.3) is 0 Å². The third kappa shape index (κ3) is 3.09. The molecular formula is C17H22ClNO2. The number of hydrogen-bond donors (Lipinski definition) is 0. The summed E-state index contributed by atoms with van der Waals surface area (Å²) in [6.45, 7) is 1.90. The Bertz CT molecular complexity index is 502. The normalized spacial score (nSPS) is 30.1. The number of halogens is 1. The fourth-order valence-corrected chi connectivity index (χ4v) is 3.74. The van der Waals surface area contributed by atoms with Gasteiger partial charge in [0, 0.05) is 17.1 Å². The number of esters is 1. The summed E-state index contributed by atoms with van der Waals surface area (Å²) in [4.78, 5) is 14.8. The van der Waals surface area contributed by atoms with Gasteiger partial charge in [0.2, 0.25) is 0 Å². The Morgan fingerprint density at radius 1 is 1.24 bits per heavy atom. The van der Waals surface area contributed by atoms with E-state index in [9.17, 15) is 4.79 Å². The average molecular weight is 308 g/mol. The molecular weight excluding hydrogens is 286 g/mol. The monoisotopic (exact) mass is 307 g/mol. The molecule has 1 aromatic carbocycles. The van der Waals surface area contributed by atoms with E-state index in [0.717, 1.165) is 18.4 Å². The Morgan fingerprint density at radius 3 is 2.38 bits per heavy atom. The largest absolute Gasteiger partial charge is 0.462 e. The number of fused-ring (bicyclic) bond motifs is 2. The van der Waals surface area contributed by atoms with E-state index in [4.69, 9.17) is 16.3 Å². The molecule has 0 amide bonds. The van der Waals surface area contributed by atoms with Crippen LogP contribution in [0, 0.1) is 0 Å². The number of carbonyl (C=O) groups is 1. The summed E-state index contributed by atoms with van der Waals surface area (Å²) >= 11 is 5.88. The highest BCUT2D eigenvalue weighted by molar-refractivity contribution is 6.30. The maximum Gasteiger partial charge on any atom is 0.313 e. The Balaban J connectivity index is 1.60. The molecule has 114 valence electrons. The second kappa shape index (κ2) is 5.98. The molecule has 0 aromatic heterocycles. The molecule has 2 heterocycles. The number of carbonyl (C=O) groups excluding carboxylic acids is 1. The first-order chi connectivity index (χ1) is 10.0. The van der Waals surface area contributed by atoms with Crippen LogP contribution in [-0.2, 0) is 9.53 Å². The highest BCUT2D eigenvalue weighted by Crippen LogP contribution is 2.36. The Kier molecular flexibility index (Phi) is 4.23. The smallest absolute Gasteiger partial charge is 0.313 e. The van der Waals surface area contributed by atoms with Crippen molar-refractivity contribution >= 4 is 17.6 Å². The van der Waals surface area contributed by atoms with Crippen molar-refractivity contribution in [2.75, 3.05) is 7.05 Å². The summed E-state index contributed by atoms with van der Waals surface area (Å²) in [6.07, 6.45) is 4.52. The van der Waals surface area contributed by atoms with Crippen LogP contribution in [0.2, 0.25) is 5.02 Å². The third-order valence-electron chi connectivity index (χ3n) is 5.06. The molecule has 1 unspecified atom stereocenters. The van der Waals surface area contributed by atoms with E-state index in [0.29, 0.717) is 17.1 Å². The minimum absolute atomic E-state index is 0.0842. The van der Waals surface area contributed by atoms with Gasteiger partial charge in [0.25, 0.3) is 0 Å². The first-order valence-electron chi connectivity index (χ1n) is 7.72. The number of rotatable bonds is 3. The molecule has 0 aliphatic carbocycles. The quantitative estimate of drug-likeness (QED) is 0.799. The van der Waals surface area contributed by atoms with Gasteiger partial charge < -0.3 is 9.64 Å². The van der Waals surface area contributed by atoms with Gasteiger partial charge in [-0.25, -0.2) is 0 Å². The minimum Gasteiger partial charge on any atom is -0.462 e. The van der Waals surface area contributed by atoms with Crippen LogP contribution >= 0.6 is 11.6 Å². The second-order valence-corrected chi connectivity index (χ2v) is 6.79. The summed E-state index contributed by atoms with van der Waals surface area (Å²) in [5.74, 6) is -0.356. The molecule has 2 aliphatic heterocycles. The topological polar surface area (TPSA) is 29.5 Å². The molecule has 2 saturated heterocycles. The molecule has 4 atom stereocenters. The van der Waals surface area contributed by atoms with Gasteiger partial charge >= 0.3 is 5.97 Å². The van der Waals surface area contributed by atoms with Gasteiger partial charge in [-0.3, -0.25) is 4.79 Å². The van der Waals surface area contributed by atoms with Crippen molar-refractivity contribution in [3.05, 3.63) is 34.9 Å². The maximum atomic E-state index is 12.3. The van der Waals surface area contributed by atoms with Crippen LogP contribution in [0.3, 0.4) is 0 Å². The molecule has 4 heteroatoms. The van der Waals surface area contributed by atoms with Crippen molar-refractivity contribution in [2.24, 2.45) is 0 Å². The molecule has 3 nitrogen and oxygen atoms in total. The highest BCUT2D eigenvalue weighted by Gasteiger charge is 2.40. The number of ether oxygens (including phenoxy) is 1. The number of nitrogens with zero attached hydrogens (tertiary/aromatic N) is 1. The van der Waals surface area contributed by atoms with E-state index in [1.165, 1.54) is 12.8 Å². The fraction of sp³-hybridized carbons (Fsp3) is 0.588. The van der Waals surface area contributed by atoms with Crippen LogP contribution in [0.5, 0.6) is 0 Å². The van der Waals surface area contributed by atoms with E-state index in [1.54, 1.807) is 0 Å². The SMILES string of the molecule is CC(C(=O)O[C@H]1C[C@H]2CC[C@@H](C1)N2C)c1ccc(Cl)cc1. The zero-order valence-electron chi connectivity index (χ0n) is 12.6. The molecule has 2 bridgehead atoms. The maximum absolute atomic E-state index is 12.3. The second-order valence-electron chi connectivity index (χ2n) is 6.35. The molecule has 2 aliphatic rings. The Morgan fingerprint density at radius 2 is 1.81 bits per heavy atom. The number of hydrogen-bond acceptors (Lipinski definition) is 3. The zero-order chi connectivity index (χ0) is 15.0. The van der Waals surface area contributed by atoms with Gasteiger partial charge in [-0.05, 0) is 57.4 Å². The van der Waals surface area contributed by atoms with E-state index in [-0.39, 0.29) is 18.0 Å². The van der Waals surface area contributed by atoms with E-state index in [2.05, 4.69) is 11.9 Å². The standard InChI is InChI=1S/C17H22ClNO2/c1-11(12-3-5-13(18)6-4-12)17(20)21-16-9-14-7-8-15(10-16)19(14)2/h3-6,11,14-16H,7-10H2,1-2H3/t11?,14-,15+,16+. The van der Waals surface area contributed by atoms with Crippen molar-refractivity contribution in [2.45, 2.75) is 56.7 Å². The molecule has 3 rings (SSSR count). The van der Waals surface area contributed by atoms with Crippen LogP contribution in [0.1, 0.15) is 44.1 Å². The lowest BCUT2D eigenvalue weighted by molar-refractivity contribution is -0.153. The lowest BCUT2D eigenvalue weighted by Gasteiger charge is -2.36. The molecule has 0 saturated carbocycles. The first kappa shape index (κ1) is 14.9. The number of piperidine rings is 1. The fourth-order valence-electron chi connectivity index (χ4n) is 3.61. The summed E-state index contributed by atoms with van der Waals surface area (Å²) in [7, 11) is 2.19. The van der Waals surface area contributed by atoms with Crippen molar-refractivity contribution in [1.82, 2.24) is 4.90 Å². The molecule has 0 N–H and O–H groups in total. The summed E-state index contributed by atoms with van der Waals surface area (Å²) < 4.78 is 5.77. The van der Waals surface area contributed by atoms with Gasteiger partial charge in [0.1, 0.15) is 6.10 Å². The van der Waals surface area contributed by atoms with Gasteiger partial charge in [-0.15, -0.1) is 0 Å². The Hall–Kier alpha value is -1.06. The lowest BCUT2D eigenvalue weighted by Crippen LogP contribution is -2.43. The van der Waals surface area contributed by atoms with Gasteiger partial charge in [0.05, 0.1) is 5.92 Å². The van der Waals surface area contributed by atoms with Crippen molar-refractivity contribution in [3.63, 3.8) is 0 Å². The van der Waals surface area contributed by atoms with E-state index < -0.39 is 0 Å². The summed E-state index contributed by atoms with van der Waals surface area (Å²) in [6, 6.07) is 8.60. The molecule has 0 spiro atoms. The van der Waals surface area contributed by atoms with E-state index >= 15 is 0 Å². The predicted octanol–water partition coefficient (Wildman–Crippen LogP) is 3.61. The van der Waals surface area contributed by atoms with Gasteiger partial charge in [-0.2, -0.15) is 0 Å². The summed E-state index contributed by atoms with van der Waals surface area (Å²) in [5, 5.41) is 0.686. The van der Waals surface area contributed by atoms with E-state index in [1.807, 2.05) is 31.2 Å². The molecule has 21 heavy (non-hydrogen) atoms. The van der Waals surface area contributed by atoms with Crippen LogP contribution in [0.4, 0.5) is 0 Å². The van der Waals surface area contributed by atoms with Crippen LogP contribution in [-0.4, -0.2) is 36.1 Å². The summed E-state index contributed by atoms with van der Waals surface area (Å²) in [5.41, 5.74) is 0.959. The minimum atomic E-state index is -0.237. The molecule has 2 fully saturated rings. The van der Waals surface area contributed by atoms with Crippen LogP contribution < -0.4 is 0 Å².